The van der Waals surface area contributed by atoms with Crippen molar-refractivity contribution in [3.8, 4) is 0 Å². The van der Waals surface area contributed by atoms with E-state index in [2.05, 4.69) is 14.9 Å². The molecule has 0 radical (unpaired) electrons. The van der Waals surface area contributed by atoms with Gasteiger partial charge in [0.25, 0.3) is 10.0 Å². The van der Waals surface area contributed by atoms with Crippen molar-refractivity contribution in [3.05, 3.63) is 54.4 Å². The van der Waals surface area contributed by atoms with Crippen molar-refractivity contribution in [2.75, 3.05) is 4.72 Å². The van der Waals surface area contributed by atoms with Crippen molar-refractivity contribution < 1.29 is 13.6 Å². The first-order chi connectivity index (χ1) is 9.53. The van der Waals surface area contributed by atoms with Crippen LogP contribution in [0.5, 0.6) is 0 Å². The summed E-state index contributed by atoms with van der Waals surface area (Å²) in [4.78, 5) is 3.87. The van der Waals surface area contributed by atoms with Crippen LogP contribution in [0.25, 0.3) is 0 Å². The first-order valence-corrected chi connectivity index (χ1v) is 7.23. The molecule has 0 aliphatic rings. The molecule has 0 saturated carbocycles. The van der Waals surface area contributed by atoms with Crippen LogP contribution in [0.2, 0.25) is 0 Å². The molecule has 0 unspecified atom stereocenters. The van der Waals surface area contributed by atoms with E-state index in [1.165, 1.54) is 18.5 Å². The minimum atomic E-state index is -3.64. The Morgan fingerprint density at radius 3 is 2.50 bits per heavy atom. The van der Waals surface area contributed by atoms with Crippen LogP contribution < -0.4 is 4.72 Å². The third kappa shape index (κ3) is 3.12. The number of sulfonamides is 1. The predicted molar refractivity (Wildman–Crippen MR) is 75.5 cm³/mol. The second-order valence-corrected chi connectivity index (χ2v) is 5.74. The zero-order valence-corrected chi connectivity index (χ0v) is 11.5. The number of nitrogens with zero attached hydrogens (tertiary/aromatic N) is 2. The van der Waals surface area contributed by atoms with Crippen molar-refractivity contribution in [2.45, 2.75) is 11.8 Å². The van der Waals surface area contributed by atoms with Crippen LogP contribution in [0.1, 0.15) is 12.5 Å². The predicted octanol–water partition coefficient (Wildman–Crippen LogP) is 2.08. The Balaban J connectivity index is 2.23. The van der Waals surface area contributed by atoms with Gasteiger partial charge in [-0.05, 0) is 36.8 Å². The largest absolute Gasteiger partial charge is 0.411 e. The van der Waals surface area contributed by atoms with Gasteiger partial charge in [0.05, 0.1) is 5.71 Å². The van der Waals surface area contributed by atoms with Gasteiger partial charge in [-0.15, -0.1) is 0 Å². The molecule has 6 nitrogen and oxygen atoms in total. The molecule has 2 N–H and O–H groups in total. The third-order valence-corrected chi connectivity index (χ3v) is 4.02. The number of hydrogen-bond acceptors (Lipinski definition) is 5. The van der Waals surface area contributed by atoms with Gasteiger partial charge in [0.2, 0.25) is 0 Å². The highest BCUT2D eigenvalue weighted by molar-refractivity contribution is 7.92. The highest BCUT2D eigenvalue weighted by Gasteiger charge is 2.13. The number of hydrogen-bond donors (Lipinski definition) is 2. The number of rotatable bonds is 4. The van der Waals surface area contributed by atoms with Crippen LogP contribution in [0.4, 0.5) is 5.69 Å². The molecule has 104 valence electrons. The Bertz CT molecular complexity index is 710. The van der Waals surface area contributed by atoms with E-state index in [0.717, 1.165) is 0 Å². The second kappa shape index (κ2) is 5.70. The summed E-state index contributed by atoms with van der Waals surface area (Å²) in [5, 5.41) is 11.7. The van der Waals surface area contributed by atoms with Gasteiger partial charge in [-0.25, -0.2) is 8.42 Å². The number of anilines is 1. The van der Waals surface area contributed by atoms with Crippen LogP contribution in [-0.2, 0) is 10.0 Å². The summed E-state index contributed by atoms with van der Waals surface area (Å²) >= 11 is 0. The molecule has 0 spiro atoms. The Morgan fingerprint density at radius 2 is 1.95 bits per heavy atom. The fraction of sp³-hybridized carbons (Fsp3) is 0.0769. The number of aromatic nitrogens is 1. The van der Waals surface area contributed by atoms with Gasteiger partial charge in [-0.1, -0.05) is 17.3 Å². The zero-order valence-electron chi connectivity index (χ0n) is 10.7. The quantitative estimate of drug-likeness (QED) is 0.512. The number of oxime groups is 1. The molecule has 1 aromatic carbocycles. The molecule has 0 fully saturated rings. The third-order valence-electron chi connectivity index (χ3n) is 2.65. The number of benzene rings is 1. The highest BCUT2D eigenvalue weighted by atomic mass is 32.2. The molecular formula is C13H13N3O3S. The van der Waals surface area contributed by atoms with E-state index in [0.29, 0.717) is 17.0 Å². The van der Waals surface area contributed by atoms with E-state index in [4.69, 9.17) is 5.21 Å². The minimum Gasteiger partial charge on any atom is -0.411 e. The summed E-state index contributed by atoms with van der Waals surface area (Å²) in [7, 11) is -3.64. The zero-order chi connectivity index (χ0) is 14.6. The fourth-order valence-electron chi connectivity index (χ4n) is 1.56. The summed E-state index contributed by atoms with van der Waals surface area (Å²) in [5.74, 6) is 0. The van der Waals surface area contributed by atoms with Crippen molar-refractivity contribution in [3.63, 3.8) is 0 Å². The van der Waals surface area contributed by atoms with Gasteiger partial charge in [0.15, 0.2) is 0 Å². The molecule has 0 aliphatic heterocycles. The lowest BCUT2D eigenvalue weighted by atomic mass is 10.1. The van der Waals surface area contributed by atoms with Gasteiger partial charge in [0, 0.05) is 18.1 Å². The second-order valence-electron chi connectivity index (χ2n) is 4.06. The van der Waals surface area contributed by atoms with E-state index < -0.39 is 10.0 Å². The Labute approximate surface area is 116 Å². The molecule has 7 heteroatoms. The van der Waals surface area contributed by atoms with Crippen LogP contribution in [0.15, 0.2) is 58.8 Å². The maximum atomic E-state index is 12.1. The highest BCUT2D eigenvalue weighted by Crippen LogP contribution is 2.16. The van der Waals surface area contributed by atoms with E-state index >= 15 is 0 Å². The summed E-state index contributed by atoms with van der Waals surface area (Å²) in [6.07, 6.45) is 2.78. The molecule has 2 aromatic rings. The average molecular weight is 291 g/mol. The average Bonchev–Trinajstić information content (AvgIpc) is 2.48. The van der Waals surface area contributed by atoms with Crippen molar-refractivity contribution in [1.29, 1.82) is 0 Å². The minimum absolute atomic E-state index is 0.0946. The van der Waals surface area contributed by atoms with E-state index in [1.807, 2.05) is 0 Å². The summed E-state index contributed by atoms with van der Waals surface area (Å²) in [6.45, 7) is 1.65. The van der Waals surface area contributed by atoms with Crippen LogP contribution in [-0.4, -0.2) is 24.3 Å². The summed E-state index contributed by atoms with van der Waals surface area (Å²) in [5.41, 5.74) is 1.58. The Hall–Kier alpha value is -2.41. The molecular weight excluding hydrogens is 278 g/mol. The molecule has 1 aromatic heterocycles. The van der Waals surface area contributed by atoms with Crippen molar-refractivity contribution >= 4 is 21.4 Å². The Kier molecular flexibility index (Phi) is 3.99. The topological polar surface area (TPSA) is 91.7 Å². The van der Waals surface area contributed by atoms with Crippen LogP contribution >= 0.6 is 0 Å². The molecule has 1 heterocycles. The van der Waals surface area contributed by atoms with Gasteiger partial charge >= 0.3 is 0 Å². The lowest BCUT2D eigenvalue weighted by molar-refractivity contribution is 0.319. The smallest absolute Gasteiger partial charge is 0.263 e. The summed E-state index contributed by atoms with van der Waals surface area (Å²) < 4.78 is 26.6. The van der Waals surface area contributed by atoms with Gasteiger partial charge in [-0.2, -0.15) is 0 Å². The Morgan fingerprint density at radius 1 is 1.25 bits per heavy atom. The monoisotopic (exact) mass is 291 g/mol. The van der Waals surface area contributed by atoms with Gasteiger partial charge in [0.1, 0.15) is 4.90 Å². The van der Waals surface area contributed by atoms with E-state index in [9.17, 15) is 8.42 Å². The van der Waals surface area contributed by atoms with Gasteiger partial charge < -0.3 is 5.21 Å². The summed E-state index contributed by atoms with van der Waals surface area (Å²) in [6, 6.07) is 9.53. The fourth-order valence-corrected chi connectivity index (χ4v) is 2.58. The van der Waals surface area contributed by atoms with Crippen molar-refractivity contribution in [2.24, 2.45) is 5.16 Å². The molecule has 0 saturated heterocycles. The normalized spacial score (nSPS) is 12.2. The first kappa shape index (κ1) is 14.0. The number of pyridine rings is 1. The van der Waals surface area contributed by atoms with Crippen LogP contribution in [0, 0.1) is 0 Å². The SMILES string of the molecule is C/C(=N\O)c1ccc(NS(=O)(=O)c2cccnc2)cc1. The lowest BCUT2D eigenvalue weighted by Gasteiger charge is -2.08. The molecule has 20 heavy (non-hydrogen) atoms. The molecule has 0 amide bonds. The van der Waals surface area contributed by atoms with Gasteiger partial charge in [-0.3, -0.25) is 9.71 Å². The lowest BCUT2D eigenvalue weighted by Crippen LogP contribution is -2.13. The van der Waals surface area contributed by atoms with E-state index in [1.54, 1.807) is 37.3 Å². The molecule has 0 bridgehead atoms. The van der Waals surface area contributed by atoms with Crippen LogP contribution in [0.3, 0.4) is 0 Å². The standard InChI is InChI=1S/C13H13N3O3S/c1-10(15-17)11-4-6-12(7-5-11)16-20(18,19)13-3-2-8-14-9-13/h2-9,16-17H,1H3/b15-10+. The maximum absolute atomic E-state index is 12.1. The van der Waals surface area contributed by atoms with E-state index in [-0.39, 0.29) is 4.90 Å². The maximum Gasteiger partial charge on any atom is 0.263 e. The van der Waals surface area contributed by atoms with Crippen molar-refractivity contribution in [1.82, 2.24) is 4.98 Å². The molecule has 2 rings (SSSR count). The first-order valence-electron chi connectivity index (χ1n) is 5.75. The molecule has 0 aliphatic carbocycles. The molecule has 0 atom stereocenters. The number of nitrogens with one attached hydrogen (secondary N) is 1.